The molecule has 10 atom stereocenters. The van der Waals surface area contributed by atoms with Crippen molar-refractivity contribution >= 4 is 72.1 Å². The number of aromatic amines is 1. The van der Waals surface area contributed by atoms with Crippen molar-refractivity contribution in [3.05, 3.63) is 89.2 Å². The Balaban J connectivity index is 0.00000741. The molecule has 2 fully saturated rings. The number of nitrogens with one attached hydrogen (secondary N) is 9. The summed E-state index contributed by atoms with van der Waals surface area (Å²) in [5, 5.41) is 48.8. The van der Waals surface area contributed by atoms with E-state index in [2.05, 4.69) is 52.7 Å². The number of nitrogens with zero attached hydrogens (tertiary/aromatic N) is 3. The molecule has 3 heterocycles. The number of rotatable bonds is 20. The number of carbonyl (C=O) groups is 8. The highest BCUT2D eigenvalue weighted by Crippen LogP contribution is 2.29. The molecule has 0 unspecified atom stereocenters. The maximum absolute atomic E-state index is 14.5. The van der Waals surface area contributed by atoms with Crippen LogP contribution in [0, 0.1) is 10.8 Å². The van der Waals surface area contributed by atoms with Crippen LogP contribution in [0.25, 0.3) is 0 Å². The number of hydrogen-bond acceptors (Lipinski definition) is 13. The standard InChI is InChI=1S/C51H74N12O10.2ClH/c1-28(30-17-13-11-14-18-30)54-46(70)38-21-32(24-62(38)48(72)40(50(3,4)5)58-44(68)36(26-64)52-9)56-42(66)34-23-35(61-60-34)43(67)57-33-22-39(47(71)55-29(2)31-19-15-12-16-20-31)63(25-33)49(73)41(51(6,7)8)59-45(69)37(27-65)53-10;;/h11-20,23,28-29,32-33,36-41,52-53,64-65H,21-22,24-27H2,1-10H3,(H,54,70)(H,55,71)(H,56,66)(H,57,67)(H,58,68)(H,59,69)(H,60,61);2*1H/t28-,29-,32+,33+,36+,37+,38+,39+,40-,41-;;/m1../s1. The topological polar surface area (TPSA) is 308 Å². The number of halogens is 2. The predicted molar refractivity (Wildman–Crippen MR) is 284 cm³/mol. The molecule has 1 aromatic heterocycles. The van der Waals surface area contributed by atoms with Crippen LogP contribution in [0.5, 0.6) is 0 Å². The molecule has 8 amide bonds. The molecule has 0 bridgehead atoms. The van der Waals surface area contributed by atoms with Gasteiger partial charge < -0.3 is 62.5 Å². The number of carbonyl (C=O) groups excluding carboxylic acids is 8. The zero-order chi connectivity index (χ0) is 53.9. The van der Waals surface area contributed by atoms with Crippen LogP contribution in [0.15, 0.2) is 66.7 Å². The van der Waals surface area contributed by atoms with Gasteiger partial charge in [-0.05, 0) is 62.7 Å². The molecule has 5 rings (SSSR count). The molecule has 24 heteroatoms. The summed E-state index contributed by atoms with van der Waals surface area (Å²) in [6.07, 6.45) is -0.00384. The quantitative estimate of drug-likeness (QED) is 0.0741. The molecule has 0 spiro atoms. The molecule has 11 N–H and O–H groups in total. The van der Waals surface area contributed by atoms with Crippen molar-refractivity contribution in [2.45, 2.75) is 129 Å². The van der Waals surface area contributed by atoms with E-state index in [4.69, 9.17) is 0 Å². The van der Waals surface area contributed by atoms with Crippen molar-refractivity contribution in [1.29, 1.82) is 0 Å². The second-order valence-corrected chi connectivity index (χ2v) is 20.9. The molecular weight excluding hydrogens is 1010 g/mol. The van der Waals surface area contributed by atoms with Gasteiger partial charge in [-0.25, -0.2) is 0 Å². The molecule has 2 saturated heterocycles. The number of aromatic nitrogens is 2. The molecule has 0 saturated carbocycles. The van der Waals surface area contributed by atoms with E-state index in [-0.39, 0.29) is 62.1 Å². The number of H-pyrrole nitrogens is 1. The number of likely N-dealkylation sites (N-methyl/N-ethyl adjacent to an activating group) is 2. The average molecular weight is 1090 g/mol. The maximum Gasteiger partial charge on any atom is 0.272 e. The first-order valence-electron chi connectivity index (χ1n) is 24.6. The fourth-order valence-electron chi connectivity index (χ4n) is 8.94. The van der Waals surface area contributed by atoms with Crippen LogP contribution in [0.1, 0.15) is 112 Å². The summed E-state index contributed by atoms with van der Waals surface area (Å²) >= 11 is 0. The Labute approximate surface area is 450 Å². The number of likely N-dealkylation sites (tertiary alicyclic amines) is 2. The Bertz CT molecular complexity index is 2260. The number of aliphatic hydroxyl groups excluding tert-OH is 2. The van der Waals surface area contributed by atoms with E-state index in [1.165, 1.54) is 30.0 Å². The smallest absolute Gasteiger partial charge is 0.272 e. The van der Waals surface area contributed by atoms with Crippen molar-refractivity contribution in [3.8, 4) is 0 Å². The van der Waals surface area contributed by atoms with Gasteiger partial charge in [-0.15, -0.1) is 24.8 Å². The summed E-state index contributed by atoms with van der Waals surface area (Å²) in [5.74, 6) is -4.75. The Hall–Kier alpha value is -6.17. The highest BCUT2D eigenvalue weighted by molar-refractivity contribution is 5.99. The summed E-state index contributed by atoms with van der Waals surface area (Å²) in [4.78, 5) is 114. The van der Waals surface area contributed by atoms with Gasteiger partial charge in [-0.2, -0.15) is 5.10 Å². The number of amides is 8. The third kappa shape index (κ3) is 16.2. The highest BCUT2D eigenvalue weighted by atomic mass is 35.5. The molecular formula is C51H76Cl2N12O10. The van der Waals surface area contributed by atoms with Gasteiger partial charge in [0.25, 0.3) is 11.8 Å². The van der Waals surface area contributed by atoms with Gasteiger partial charge in [-0.3, -0.25) is 43.5 Å². The summed E-state index contributed by atoms with van der Waals surface area (Å²) in [6.45, 7) is 12.9. The van der Waals surface area contributed by atoms with Gasteiger partial charge >= 0.3 is 0 Å². The first-order chi connectivity index (χ1) is 34.4. The normalized spacial score (nSPS) is 19.8. The van der Waals surface area contributed by atoms with Crippen LogP contribution < -0.4 is 42.5 Å². The third-order valence-electron chi connectivity index (χ3n) is 13.3. The van der Waals surface area contributed by atoms with Gasteiger partial charge in [0.05, 0.1) is 25.3 Å². The lowest BCUT2D eigenvalue weighted by molar-refractivity contribution is -0.144. The second-order valence-electron chi connectivity index (χ2n) is 20.9. The minimum absolute atomic E-state index is 0. The Morgan fingerprint density at radius 2 is 0.987 bits per heavy atom. The first-order valence-corrected chi connectivity index (χ1v) is 24.6. The molecule has 2 aliphatic rings. The van der Waals surface area contributed by atoms with Gasteiger partial charge in [0.2, 0.25) is 35.4 Å². The maximum atomic E-state index is 14.5. The van der Waals surface area contributed by atoms with Crippen molar-refractivity contribution in [3.63, 3.8) is 0 Å². The minimum Gasteiger partial charge on any atom is -0.394 e. The fraction of sp³-hybridized carbons (Fsp3) is 0.549. The number of benzene rings is 2. The van der Waals surface area contributed by atoms with E-state index < -0.39 is 132 Å². The molecule has 2 aromatic carbocycles. The summed E-state index contributed by atoms with van der Waals surface area (Å²) in [5.41, 5.74) is -0.345. The van der Waals surface area contributed by atoms with Gasteiger partial charge in [-0.1, -0.05) is 102 Å². The molecule has 0 radical (unpaired) electrons. The minimum atomic E-state index is -1.14. The second kappa shape index (κ2) is 27.6. The van der Waals surface area contributed by atoms with Crippen LogP contribution >= 0.6 is 24.8 Å². The van der Waals surface area contributed by atoms with Crippen LogP contribution in [0.2, 0.25) is 0 Å². The molecule has 2 aliphatic heterocycles. The van der Waals surface area contributed by atoms with E-state index in [0.29, 0.717) is 0 Å². The van der Waals surface area contributed by atoms with Gasteiger partial charge in [0.15, 0.2) is 5.69 Å². The van der Waals surface area contributed by atoms with Crippen LogP contribution in [0.4, 0.5) is 0 Å². The zero-order valence-electron chi connectivity index (χ0n) is 44.2. The summed E-state index contributed by atoms with van der Waals surface area (Å²) in [7, 11) is 3.00. The monoisotopic (exact) mass is 1090 g/mol. The van der Waals surface area contributed by atoms with E-state index >= 15 is 0 Å². The SMILES string of the molecule is CN[C@@H](CO)C(=O)N[C@H](C(=O)N1C[C@@H](NC(=O)c2cc(C(=O)N[C@H]3C[C@@H](C(=O)N[C@H](C)c4ccccc4)N(C(=O)[C@@H](NC(=O)[C@H](CO)NC)C(C)(C)C)C3)[nH]n2)C[C@H]1C(=O)N[C@H](C)c1ccccc1)C(C)(C)C.Cl.Cl. The molecule has 3 aromatic rings. The van der Waals surface area contributed by atoms with Crippen molar-refractivity contribution in [2.24, 2.45) is 10.8 Å². The molecule has 414 valence electrons. The Morgan fingerprint density at radius 1 is 0.613 bits per heavy atom. The summed E-state index contributed by atoms with van der Waals surface area (Å²) in [6, 6.07) is 10.9. The molecule has 22 nitrogen and oxygen atoms in total. The third-order valence-corrected chi connectivity index (χ3v) is 13.3. The number of hydrogen-bond donors (Lipinski definition) is 11. The van der Waals surface area contributed by atoms with Crippen molar-refractivity contribution in [1.82, 2.24) is 62.5 Å². The largest absolute Gasteiger partial charge is 0.394 e. The fourth-order valence-corrected chi connectivity index (χ4v) is 8.94. The van der Waals surface area contributed by atoms with E-state index in [9.17, 15) is 48.6 Å². The predicted octanol–water partition coefficient (Wildman–Crippen LogP) is 0.629. The lowest BCUT2D eigenvalue weighted by Gasteiger charge is -2.36. The molecule has 0 aliphatic carbocycles. The van der Waals surface area contributed by atoms with Gasteiger partial charge in [0.1, 0.15) is 41.9 Å². The Morgan fingerprint density at radius 3 is 1.33 bits per heavy atom. The molecule has 75 heavy (non-hydrogen) atoms. The van der Waals surface area contributed by atoms with E-state index in [0.717, 1.165) is 11.1 Å². The van der Waals surface area contributed by atoms with Crippen molar-refractivity contribution in [2.75, 3.05) is 40.4 Å². The van der Waals surface area contributed by atoms with Crippen LogP contribution in [-0.2, 0) is 28.8 Å². The summed E-state index contributed by atoms with van der Waals surface area (Å²) < 4.78 is 0. The van der Waals surface area contributed by atoms with Crippen LogP contribution in [-0.4, -0.2) is 166 Å². The van der Waals surface area contributed by atoms with E-state index in [1.54, 1.807) is 55.4 Å². The van der Waals surface area contributed by atoms with Gasteiger partial charge in [0, 0.05) is 31.2 Å². The highest BCUT2D eigenvalue weighted by Gasteiger charge is 2.48. The lowest BCUT2D eigenvalue weighted by atomic mass is 9.85. The van der Waals surface area contributed by atoms with Crippen molar-refractivity contribution < 1.29 is 48.6 Å². The zero-order valence-corrected chi connectivity index (χ0v) is 45.8. The number of aliphatic hydroxyl groups is 2. The first kappa shape index (κ1) is 63.1. The average Bonchev–Trinajstić information content (AvgIpc) is 4.12. The lowest BCUT2D eigenvalue weighted by Crippen LogP contribution is -2.60. The Kier molecular flexibility index (Phi) is 23.2. The van der Waals surface area contributed by atoms with Crippen LogP contribution in [0.3, 0.4) is 0 Å². The van der Waals surface area contributed by atoms with E-state index in [1.807, 2.05) is 60.7 Å².